The SMILES string of the molecule is CC(C)(CS)NCCC#N. The molecule has 0 aliphatic heterocycles. The van der Waals surface area contributed by atoms with Gasteiger partial charge in [-0.05, 0) is 13.8 Å². The number of nitriles is 1. The maximum absolute atomic E-state index is 8.23. The molecule has 0 amide bonds. The van der Waals surface area contributed by atoms with Crippen LogP contribution in [-0.2, 0) is 0 Å². The third-order valence-electron chi connectivity index (χ3n) is 1.24. The Kier molecular flexibility index (Phi) is 4.50. The van der Waals surface area contributed by atoms with Crippen LogP contribution in [0, 0.1) is 11.3 Å². The predicted molar refractivity (Wildman–Crippen MR) is 46.2 cm³/mol. The molecule has 0 rings (SSSR count). The minimum absolute atomic E-state index is 0.0555. The van der Waals surface area contributed by atoms with Gasteiger partial charge in [0.05, 0.1) is 6.07 Å². The third-order valence-corrected chi connectivity index (χ3v) is 2.03. The van der Waals surface area contributed by atoms with Crippen LogP contribution in [0.3, 0.4) is 0 Å². The van der Waals surface area contributed by atoms with Gasteiger partial charge in [-0.1, -0.05) is 0 Å². The minimum atomic E-state index is 0.0555. The quantitative estimate of drug-likeness (QED) is 0.476. The van der Waals surface area contributed by atoms with E-state index in [0.717, 1.165) is 12.3 Å². The third kappa shape index (κ3) is 4.66. The van der Waals surface area contributed by atoms with E-state index in [0.29, 0.717) is 6.42 Å². The van der Waals surface area contributed by atoms with E-state index in [4.69, 9.17) is 5.26 Å². The van der Waals surface area contributed by atoms with Gasteiger partial charge in [0.15, 0.2) is 0 Å². The van der Waals surface area contributed by atoms with Crippen LogP contribution in [0.2, 0.25) is 0 Å². The van der Waals surface area contributed by atoms with Crippen LogP contribution in [0.15, 0.2) is 0 Å². The maximum Gasteiger partial charge on any atom is 0.0635 e. The fraction of sp³-hybridized carbons (Fsp3) is 0.857. The zero-order chi connectivity index (χ0) is 8.04. The van der Waals surface area contributed by atoms with Crippen LogP contribution in [-0.4, -0.2) is 17.8 Å². The number of nitrogens with zero attached hydrogens (tertiary/aromatic N) is 1. The zero-order valence-corrected chi connectivity index (χ0v) is 7.41. The van der Waals surface area contributed by atoms with Gasteiger partial charge in [-0.2, -0.15) is 17.9 Å². The second-order valence-electron chi connectivity index (χ2n) is 2.88. The number of hydrogen-bond donors (Lipinski definition) is 2. The van der Waals surface area contributed by atoms with Crippen molar-refractivity contribution in [1.29, 1.82) is 5.26 Å². The summed E-state index contributed by atoms with van der Waals surface area (Å²) in [6.45, 7) is 4.89. The van der Waals surface area contributed by atoms with Crippen molar-refractivity contribution >= 4 is 12.6 Å². The molecule has 0 aromatic heterocycles. The molecule has 58 valence electrons. The van der Waals surface area contributed by atoms with Crippen molar-refractivity contribution in [2.75, 3.05) is 12.3 Å². The molecule has 0 atom stereocenters. The highest BCUT2D eigenvalue weighted by Gasteiger charge is 2.12. The molecule has 0 aliphatic carbocycles. The number of hydrogen-bond acceptors (Lipinski definition) is 3. The first-order valence-corrected chi connectivity index (χ1v) is 3.98. The van der Waals surface area contributed by atoms with Crippen molar-refractivity contribution in [2.24, 2.45) is 0 Å². The Hall–Kier alpha value is -0.200. The monoisotopic (exact) mass is 158 g/mol. The van der Waals surface area contributed by atoms with Crippen molar-refractivity contribution in [3.05, 3.63) is 0 Å². The molecule has 0 radical (unpaired) electrons. The molecule has 10 heavy (non-hydrogen) atoms. The van der Waals surface area contributed by atoms with E-state index in [1.165, 1.54) is 0 Å². The Morgan fingerprint density at radius 3 is 2.60 bits per heavy atom. The summed E-state index contributed by atoms with van der Waals surface area (Å²) in [5.74, 6) is 0.790. The van der Waals surface area contributed by atoms with Gasteiger partial charge in [0.2, 0.25) is 0 Å². The lowest BCUT2D eigenvalue weighted by Gasteiger charge is -2.22. The predicted octanol–water partition coefficient (Wildman–Crippen LogP) is 1.20. The molecular formula is C7H14N2S. The van der Waals surface area contributed by atoms with Gasteiger partial charge in [0.1, 0.15) is 0 Å². The second kappa shape index (κ2) is 4.59. The minimum Gasteiger partial charge on any atom is -0.310 e. The van der Waals surface area contributed by atoms with Crippen LogP contribution >= 0.6 is 12.6 Å². The standard InChI is InChI=1S/C7H14N2S/c1-7(2,6-10)9-5-3-4-8/h9-10H,3,5-6H2,1-2H3. The zero-order valence-electron chi connectivity index (χ0n) is 6.52. The van der Waals surface area contributed by atoms with Crippen LogP contribution in [0.5, 0.6) is 0 Å². The van der Waals surface area contributed by atoms with E-state index >= 15 is 0 Å². The first kappa shape index (κ1) is 9.80. The lowest BCUT2D eigenvalue weighted by Crippen LogP contribution is -2.41. The smallest absolute Gasteiger partial charge is 0.0635 e. The highest BCUT2D eigenvalue weighted by atomic mass is 32.1. The van der Waals surface area contributed by atoms with Crippen molar-refractivity contribution in [2.45, 2.75) is 25.8 Å². The molecule has 1 N–H and O–H groups in total. The second-order valence-corrected chi connectivity index (χ2v) is 3.19. The van der Waals surface area contributed by atoms with Crippen molar-refractivity contribution in [1.82, 2.24) is 5.32 Å². The summed E-state index contributed by atoms with van der Waals surface area (Å²) in [5, 5.41) is 11.4. The average molecular weight is 158 g/mol. The summed E-state index contributed by atoms with van der Waals surface area (Å²) in [5.41, 5.74) is 0.0555. The van der Waals surface area contributed by atoms with E-state index < -0.39 is 0 Å². The van der Waals surface area contributed by atoms with Gasteiger partial charge < -0.3 is 5.32 Å². The van der Waals surface area contributed by atoms with Gasteiger partial charge in [-0.3, -0.25) is 0 Å². The molecule has 2 nitrogen and oxygen atoms in total. The molecule has 0 unspecified atom stereocenters. The number of rotatable bonds is 4. The molecule has 0 aromatic carbocycles. The van der Waals surface area contributed by atoms with E-state index in [2.05, 4.69) is 37.9 Å². The van der Waals surface area contributed by atoms with Gasteiger partial charge in [-0.25, -0.2) is 0 Å². The van der Waals surface area contributed by atoms with Gasteiger partial charge in [0.25, 0.3) is 0 Å². The maximum atomic E-state index is 8.23. The topological polar surface area (TPSA) is 35.8 Å². The number of thiol groups is 1. The summed E-state index contributed by atoms with van der Waals surface area (Å²) in [6, 6.07) is 2.08. The van der Waals surface area contributed by atoms with Crippen LogP contribution < -0.4 is 5.32 Å². The van der Waals surface area contributed by atoms with E-state index in [9.17, 15) is 0 Å². The molecule has 0 aromatic rings. The molecular weight excluding hydrogens is 144 g/mol. The van der Waals surface area contributed by atoms with Gasteiger partial charge >= 0.3 is 0 Å². The van der Waals surface area contributed by atoms with Gasteiger partial charge in [0, 0.05) is 24.3 Å². The Morgan fingerprint density at radius 2 is 2.20 bits per heavy atom. The van der Waals surface area contributed by atoms with Crippen molar-refractivity contribution in [3.8, 4) is 6.07 Å². The summed E-state index contributed by atoms with van der Waals surface area (Å²) >= 11 is 4.16. The largest absolute Gasteiger partial charge is 0.310 e. The molecule has 0 spiro atoms. The first-order valence-electron chi connectivity index (χ1n) is 3.35. The molecule has 3 heteroatoms. The molecule has 0 saturated heterocycles. The molecule has 0 saturated carbocycles. The van der Waals surface area contributed by atoms with Crippen LogP contribution in [0.1, 0.15) is 20.3 Å². The summed E-state index contributed by atoms with van der Waals surface area (Å²) in [7, 11) is 0. The summed E-state index contributed by atoms with van der Waals surface area (Å²) in [4.78, 5) is 0. The van der Waals surface area contributed by atoms with Crippen molar-refractivity contribution < 1.29 is 0 Å². The van der Waals surface area contributed by atoms with Gasteiger partial charge in [-0.15, -0.1) is 0 Å². The Bertz CT molecular complexity index is 126. The fourth-order valence-corrected chi connectivity index (χ4v) is 0.624. The molecule has 0 aliphatic rings. The van der Waals surface area contributed by atoms with Crippen molar-refractivity contribution in [3.63, 3.8) is 0 Å². The molecule has 0 bridgehead atoms. The Balaban J connectivity index is 3.39. The normalized spacial score (nSPS) is 11.0. The summed E-state index contributed by atoms with van der Waals surface area (Å²) < 4.78 is 0. The average Bonchev–Trinajstić information content (AvgIpc) is 1.89. The Morgan fingerprint density at radius 1 is 1.60 bits per heavy atom. The van der Waals surface area contributed by atoms with E-state index in [1.54, 1.807) is 0 Å². The fourth-order valence-electron chi connectivity index (χ4n) is 0.513. The summed E-state index contributed by atoms with van der Waals surface area (Å²) in [6.07, 6.45) is 0.567. The van der Waals surface area contributed by atoms with E-state index in [1.807, 2.05) is 0 Å². The lowest BCUT2D eigenvalue weighted by molar-refractivity contribution is 0.441. The first-order chi connectivity index (χ1) is 4.62. The highest BCUT2D eigenvalue weighted by Crippen LogP contribution is 2.02. The molecule has 0 fully saturated rings. The molecule has 0 heterocycles. The Labute approximate surface area is 68.0 Å². The van der Waals surface area contributed by atoms with Crippen LogP contribution in [0.4, 0.5) is 0 Å². The van der Waals surface area contributed by atoms with E-state index in [-0.39, 0.29) is 5.54 Å². The lowest BCUT2D eigenvalue weighted by atomic mass is 10.1. The number of nitrogens with one attached hydrogen (secondary N) is 1. The highest BCUT2D eigenvalue weighted by molar-refractivity contribution is 7.80. The van der Waals surface area contributed by atoms with Crippen LogP contribution in [0.25, 0.3) is 0 Å².